The molecule has 1 N–H and O–H groups in total. The van der Waals surface area contributed by atoms with Crippen LogP contribution in [-0.2, 0) is 13.6 Å². The summed E-state index contributed by atoms with van der Waals surface area (Å²) >= 11 is 1.66. The lowest BCUT2D eigenvalue weighted by Crippen LogP contribution is -2.16. The number of rotatable bonds is 10. The zero-order chi connectivity index (χ0) is 16.5. The summed E-state index contributed by atoms with van der Waals surface area (Å²) in [7, 11) is 3.51. The number of thioether (sulfide) groups is 1. The van der Waals surface area contributed by atoms with Gasteiger partial charge in [0, 0.05) is 24.9 Å². The Kier molecular flexibility index (Phi) is 9.51. The molecule has 0 saturated carbocycles. The van der Waals surface area contributed by atoms with Crippen molar-refractivity contribution in [3.05, 3.63) is 23.8 Å². The predicted molar refractivity (Wildman–Crippen MR) is 97.3 cm³/mol. The molecule has 0 aliphatic rings. The fourth-order valence-corrected chi connectivity index (χ4v) is 2.89. The Morgan fingerprint density at radius 3 is 2.83 bits per heavy atom. The van der Waals surface area contributed by atoms with Gasteiger partial charge in [0.05, 0.1) is 13.7 Å². The van der Waals surface area contributed by atoms with Gasteiger partial charge in [-0.15, -0.1) is 17.5 Å². The highest BCUT2D eigenvalue weighted by atomic mass is 35.5. The van der Waals surface area contributed by atoms with Crippen molar-refractivity contribution >= 4 is 24.2 Å². The molecule has 0 saturated heterocycles. The number of nitrogens with zero attached hydrogens (tertiary/aromatic N) is 4. The fourth-order valence-electron chi connectivity index (χ4n) is 2.10. The van der Waals surface area contributed by atoms with E-state index in [0.29, 0.717) is 6.61 Å². The standard InChI is InChI=1S/C15H23N5O2S.ClH/c1-4-22-14-12(7-5-8-13(14)21-3)11-16-9-6-10-23-15-17-18-19-20(15)2;/h5,7-8,16H,4,6,9-11H2,1-3H3;1H. The van der Waals surface area contributed by atoms with E-state index < -0.39 is 0 Å². The van der Waals surface area contributed by atoms with Gasteiger partial charge in [0.25, 0.3) is 0 Å². The number of benzene rings is 1. The van der Waals surface area contributed by atoms with Gasteiger partial charge in [0.1, 0.15) is 0 Å². The first-order chi connectivity index (χ1) is 11.3. The lowest BCUT2D eigenvalue weighted by molar-refractivity contribution is 0.307. The van der Waals surface area contributed by atoms with E-state index in [9.17, 15) is 0 Å². The maximum absolute atomic E-state index is 5.71. The number of hydrogen-bond acceptors (Lipinski definition) is 7. The summed E-state index contributed by atoms with van der Waals surface area (Å²) in [6.45, 7) is 4.27. The Balaban J connectivity index is 0.00000288. The Labute approximate surface area is 152 Å². The van der Waals surface area contributed by atoms with Crippen LogP contribution in [-0.4, -0.2) is 46.2 Å². The van der Waals surface area contributed by atoms with Crippen LogP contribution in [0.4, 0.5) is 0 Å². The van der Waals surface area contributed by atoms with Gasteiger partial charge in [-0.25, -0.2) is 4.68 Å². The third kappa shape index (κ3) is 5.85. The molecule has 1 aromatic carbocycles. The summed E-state index contributed by atoms with van der Waals surface area (Å²) in [5.41, 5.74) is 1.11. The van der Waals surface area contributed by atoms with Crippen molar-refractivity contribution in [3.8, 4) is 11.5 Å². The number of aryl methyl sites for hydroxylation is 1. The molecule has 0 amide bonds. The molecular weight excluding hydrogens is 350 g/mol. The molecule has 0 fully saturated rings. The number of nitrogens with one attached hydrogen (secondary N) is 1. The molecule has 0 bridgehead atoms. The molecule has 1 aromatic heterocycles. The summed E-state index contributed by atoms with van der Waals surface area (Å²) in [5, 5.41) is 15.7. The topological polar surface area (TPSA) is 74.1 Å². The highest BCUT2D eigenvalue weighted by Crippen LogP contribution is 2.30. The summed E-state index contributed by atoms with van der Waals surface area (Å²) < 4.78 is 12.7. The lowest BCUT2D eigenvalue weighted by Gasteiger charge is -2.14. The first kappa shape index (κ1) is 20.5. The SMILES string of the molecule is CCOc1c(CNCCCSc2nnnn2C)cccc1OC.Cl. The van der Waals surface area contributed by atoms with Gasteiger partial charge in [-0.2, -0.15) is 0 Å². The zero-order valence-corrected chi connectivity index (χ0v) is 15.8. The Hall–Kier alpha value is -1.51. The van der Waals surface area contributed by atoms with Gasteiger partial charge in [-0.05, 0) is 36.4 Å². The first-order valence-corrected chi connectivity index (χ1v) is 8.59. The van der Waals surface area contributed by atoms with Gasteiger partial charge < -0.3 is 14.8 Å². The van der Waals surface area contributed by atoms with Crippen molar-refractivity contribution in [2.24, 2.45) is 7.05 Å². The van der Waals surface area contributed by atoms with E-state index >= 15 is 0 Å². The van der Waals surface area contributed by atoms with E-state index in [4.69, 9.17) is 9.47 Å². The monoisotopic (exact) mass is 373 g/mol. The van der Waals surface area contributed by atoms with Crippen molar-refractivity contribution < 1.29 is 9.47 Å². The summed E-state index contributed by atoms with van der Waals surface area (Å²) in [6, 6.07) is 5.95. The Bertz CT molecular complexity index is 611. The quantitative estimate of drug-likeness (QED) is 0.506. The maximum atomic E-state index is 5.71. The average molecular weight is 374 g/mol. The van der Waals surface area contributed by atoms with Crippen LogP contribution in [0.5, 0.6) is 11.5 Å². The van der Waals surface area contributed by atoms with Crippen LogP contribution in [0.2, 0.25) is 0 Å². The van der Waals surface area contributed by atoms with Crippen LogP contribution < -0.4 is 14.8 Å². The average Bonchev–Trinajstić information content (AvgIpc) is 2.97. The Morgan fingerprint density at radius 2 is 2.17 bits per heavy atom. The highest BCUT2D eigenvalue weighted by Gasteiger charge is 2.09. The zero-order valence-electron chi connectivity index (χ0n) is 14.2. The number of ether oxygens (including phenoxy) is 2. The molecule has 24 heavy (non-hydrogen) atoms. The Morgan fingerprint density at radius 1 is 1.33 bits per heavy atom. The second-order valence-electron chi connectivity index (χ2n) is 4.85. The molecule has 0 unspecified atom stereocenters. The van der Waals surface area contributed by atoms with Crippen molar-refractivity contribution in [2.75, 3.05) is 26.0 Å². The fraction of sp³-hybridized carbons (Fsp3) is 0.533. The van der Waals surface area contributed by atoms with E-state index in [1.165, 1.54) is 0 Å². The van der Waals surface area contributed by atoms with Gasteiger partial charge in [0.2, 0.25) is 5.16 Å². The van der Waals surface area contributed by atoms with E-state index in [1.807, 2.05) is 26.1 Å². The molecule has 9 heteroatoms. The van der Waals surface area contributed by atoms with Gasteiger partial charge in [0.15, 0.2) is 11.5 Å². The molecular formula is C15H24ClN5O2S. The number of para-hydroxylation sites is 1. The number of halogens is 1. The van der Waals surface area contributed by atoms with Crippen LogP contribution in [0.1, 0.15) is 18.9 Å². The van der Waals surface area contributed by atoms with Gasteiger partial charge in [-0.3, -0.25) is 0 Å². The smallest absolute Gasteiger partial charge is 0.209 e. The van der Waals surface area contributed by atoms with E-state index in [0.717, 1.165) is 47.5 Å². The second-order valence-corrected chi connectivity index (χ2v) is 5.91. The number of methoxy groups -OCH3 is 1. The van der Waals surface area contributed by atoms with Crippen LogP contribution >= 0.6 is 24.2 Å². The van der Waals surface area contributed by atoms with E-state index in [2.05, 4.69) is 26.9 Å². The van der Waals surface area contributed by atoms with Crippen LogP contribution in [0.3, 0.4) is 0 Å². The third-order valence-corrected chi connectivity index (χ3v) is 4.29. The predicted octanol–water partition coefficient (Wildman–Crippen LogP) is 2.31. The molecule has 0 radical (unpaired) electrons. The molecule has 2 aromatic rings. The molecule has 7 nitrogen and oxygen atoms in total. The van der Waals surface area contributed by atoms with E-state index in [-0.39, 0.29) is 12.4 Å². The molecule has 2 rings (SSSR count). The third-order valence-electron chi connectivity index (χ3n) is 3.19. The van der Waals surface area contributed by atoms with Crippen LogP contribution in [0.25, 0.3) is 0 Å². The van der Waals surface area contributed by atoms with Crippen molar-refractivity contribution in [1.29, 1.82) is 0 Å². The number of hydrogen-bond donors (Lipinski definition) is 1. The minimum Gasteiger partial charge on any atom is -0.493 e. The van der Waals surface area contributed by atoms with Crippen molar-refractivity contribution in [2.45, 2.75) is 25.0 Å². The van der Waals surface area contributed by atoms with Gasteiger partial charge >= 0.3 is 0 Å². The maximum Gasteiger partial charge on any atom is 0.209 e. The van der Waals surface area contributed by atoms with Crippen LogP contribution in [0.15, 0.2) is 23.4 Å². The minimum atomic E-state index is 0. The normalized spacial score (nSPS) is 10.3. The molecule has 1 heterocycles. The molecule has 0 aliphatic carbocycles. The summed E-state index contributed by atoms with van der Waals surface area (Å²) in [5.74, 6) is 2.57. The molecule has 0 aliphatic heterocycles. The summed E-state index contributed by atoms with van der Waals surface area (Å²) in [4.78, 5) is 0. The van der Waals surface area contributed by atoms with Gasteiger partial charge in [-0.1, -0.05) is 23.9 Å². The summed E-state index contributed by atoms with van der Waals surface area (Å²) in [6.07, 6.45) is 1.03. The molecule has 0 atom stereocenters. The number of aromatic nitrogens is 4. The minimum absolute atomic E-state index is 0. The molecule has 0 spiro atoms. The highest BCUT2D eigenvalue weighted by molar-refractivity contribution is 7.99. The first-order valence-electron chi connectivity index (χ1n) is 7.60. The second kappa shape index (κ2) is 11.1. The van der Waals surface area contributed by atoms with Crippen molar-refractivity contribution in [1.82, 2.24) is 25.5 Å². The lowest BCUT2D eigenvalue weighted by atomic mass is 10.2. The molecule has 134 valence electrons. The largest absolute Gasteiger partial charge is 0.493 e. The van der Waals surface area contributed by atoms with Crippen LogP contribution in [0, 0.1) is 0 Å². The number of tetrazole rings is 1. The van der Waals surface area contributed by atoms with E-state index in [1.54, 1.807) is 23.6 Å². The van der Waals surface area contributed by atoms with Crippen molar-refractivity contribution in [3.63, 3.8) is 0 Å².